The third-order valence-corrected chi connectivity index (χ3v) is 7.61. The first-order valence-electron chi connectivity index (χ1n) is 11.8. The molecular weight excluding hydrogens is 483 g/mol. The minimum absolute atomic E-state index is 0.0289. The molecule has 1 atom stereocenters. The van der Waals surface area contributed by atoms with Crippen LogP contribution in [0.2, 0.25) is 5.02 Å². The standard InChI is InChI=1S/C27H28Cl2N4O2/c28-21-6-7-24-23(17-21)27(18-33(24)26(34)20-8-11-30-25(29)16-20)9-13-32(14-10-27)12-2-4-19-3-1-5-22(15-19)31-35/h1-8,11,15-17,25,30-31,35H,9-10,12-14,18H2/b4-2+. The largest absolute Gasteiger partial charge is 0.372 e. The molecular formula is C27H28Cl2N4O2. The van der Waals surface area contributed by atoms with Crippen LogP contribution < -0.4 is 15.7 Å². The summed E-state index contributed by atoms with van der Waals surface area (Å²) >= 11 is 12.6. The quantitative estimate of drug-likeness (QED) is 0.295. The van der Waals surface area contributed by atoms with Crippen LogP contribution in [0.4, 0.5) is 11.4 Å². The summed E-state index contributed by atoms with van der Waals surface area (Å²) in [5.74, 6) is -0.0289. The molecule has 3 aliphatic rings. The highest BCUT2D eigenvalue weighted by atomic mass is 35.5. The van der Waals surface area contributed by atoms with Gasteiger partial charge in [0.1, 0.15) is 5.50 Å². The predicted octanol–water partition coefficient (Wildman–Crippen LogP) is 5.14. The van der Waals surface area contributed by atoms with Crippen molar-refractivity contribution in [2.75, 3.05) is 36.6 Å². The second kappa shape index (κ2) is 10.1. The Kier molecular flexibility index (Phi) is 6.89. The van der Waals surface area contributed by atoms with Gasteiger partial charge in [0.15, 0.2) is 0 Å². The van der Waals surface area contributed by atoms with Crippen LogP contribution in [-0.2, 0) is 10.2 Å². The van der Waals surface area contributed by atoms with Crippen molar-refractivity contribution in [3.63, 3.8) is 0 Å². The van der Waals surface area contributed by atoms with Crippen LogP contribution in [0.15, 0.2) is 72.5 Å². The smallest absolute Gasteiger partial charge is 0.258 e. The summed E-state index contributed by atoms with van der Waals surface area (Å²) in [7, 11) is 0. The number of halogens is 2. The van der Waals surface area contributed by atoms with E-state index in [0.717, 1.165) is 43.7 Å². The number of dihydropyridines is 1. The van der Waals surface area contributed by atoms with E-state index in [1.54, 1.807) is 18.4 Å². The fourth-order valence-electron chi connectivity index (χ4n) is 5.25. The van der Waals surface area contributed by atoms with Gasteiger partial charge in [-0.05, 0) is 85.7 Å². The molecule has 2 aromatic carbocycles. The van der Waals surface area contributed by atoms with Gasteiger partial charge in [-0.25, -0.2) is 0 Å². The summed E-state index contributed by atoms with van der Waals surface area (Å²) < 4.78 is 0. The van der Waals surface area contributed by atoms with Crippen LogP contribution in [-0.4, -0.2) is 47.7 Å². The monoisotopic (exact) mass is 510 g/mol. The van der Waals surface area contributed by atoms with Gasteiger partial charge in [0.2, 0.25) is 0 Å². The average molecular weight is 511 g/mol. The molecule has 6 nitrogen and oxygen atoms in total. The van der Waals surface area contributed by atoms with Gasteiger partial charge >= 0.3 is 0 Å². The highest BCUT2D eigenvalue weighted by Gasteiger charge is 2.46. The molecule has 3 aliphatic heterocycles. The van der Waals surface area contributed by atoms with Crippen molar-refractivity contribution in [2.24, 2.45) is 0 Å². The summed E-state index contributed by atoms with van der Waals surface area (Å²) in [5.41, 5.74) is 6.11. The fourth-order valence-corrected chi connectivity index (χ4v) is 5.63. The van der Waals surface area contributed by atoms with Gasteiger partial charge in [0, 0.05) is 34.8 Å². The number of amides is 1. The van der Waals surface area contributed by atoms with E-state index >= 15 is 0 Å². The molecule has 2 aromatic rings. The van der Waals surface area contributed by atoms with E-state index in [-0.39, 0.29) is 16.8 Å². The van der Waals surface area contributed by atoms with Crippen molar-refractivity contribution < 1.29 is 10.0 Å². The number of piperidine rings is 1. The Morgan fingerprint density at radius 1 is 1.23 bits per heavy atom. The lowest BCUT2D eigenvalue weighted by Gasteiger charge is -2.39. The summed E-state index contributed by atoms with van der Waals surface area (Å²) in [6.07, 6.45) is 11.4. The zero-order valence-corrected chi connectivity index (χ0v) is 20.8. The number of fused-ring (bicyclic) bond motifs is 2. The third kappa shape index (κ3) is 4.98. The SMILES string of the molecule is O=C(C1=CC(Cl)NC=C1)N1CC2(CCN(C/C=C/c3cccc(NO)c3)CC2)c2cc(Cl)ccc21. The zero-order valence-electron chi connectivity index (χ0n) is 19.3. The molecule has 3 N–H and O–H groups in total. The van der Waals surface area contributed by atoms with Crippen LogP contribution >= 0.6 is 23.2 Å². The minimum atomic E-state index is -0.390. The van der Waals surface area contributed by atoms with E-state index in [1.807, 2.05) is 47.4 Å². The number of benzene rings is 2. The maximum atomic E-state index is 13.5. The summed E-state index contributed by atoms with van der Waals surface area (Å²) in [5, 5.41) is 12.8. The first-order valence-corrected chi connectivity index (χ1v) is 12.6. The van der Waals surface area contributed by atoms with Crippen LogP contribution in [0.25, 0.3) is 6.08 Å². The second-order valence-electron chi connectivity index (χ2n) is 9.30. The molecule has 1 amide bonds. The van der Waals surface area contributed by atoms with Crippen LogP contribution in [0.3, 0.4) is 0 Å². The number of nitrogens with zero attached hydrogens (tertiary/aromatic N) is 2. The van der Waals surface area contributed by atoms with Gasteiger partial charge in [-0.2, -0.15) is 0 Å². The predicted molar refractivity (Wildman–Crippen MR) is 142 cm³/mol. The van der Waals surface area contributed by atoms with Crippen molar-refractivity contribution in [3.8, 4) is 0 Å². The number of alkyl halides is 1. The first kappa shape index (κ1) is 23.9. The maximum Gasteiger partial charge on any atom is 0.258 e. The van der Waals surface area contributed by atoms with Gasteiger partial charge in [0.25, 0.3) is 5.91 Å². The lowest BCUT2D eigenvalue weighted by Crippen LogP contribution is -2.46. The lowest BCUT2D eigenvalue weighted by molar-refractivity contribution is -0.115. The number of hydrogen-bond donors (Lipinski definition) is 3. The van der Waals surface area contributed by atoms with Crippen molar-refractivity contribution in [1.82, 2.24) is 10.2 Å². The molecule has 0 aliphatic carbocycles. The van der Waals surface area contributed by atoms with Crippen LogP contribution in [0.5, 0.6) is 0 Å². The molecule has 5 rings (SSSR count). The fraction of sp³-hybridized carbons (Fsp3) is 0.296. The van der Waals surface area contributed by atoms with E-state index in [0.29, 0.717) is 22.8 Å². The topological polar surface area (TPSA) is 67.8 Å². The number of likely N-dealkylation sites (tertiary alicyclic amines) is 1. The third-order valence-electron chi connectivity index (χ3n) is 7.12. The molecule has 3 heterocycles. The molecule has 182 valence electrons. The van der Waals surface area contributed by atoms with Crippen molar-refractivity contribution >= 4 is 46.6 Å². The average Bonchev–Trinajstić information content (AvgIpc) is 3.18. The van der Waals surface area contributed by atoms with Gasteiger partial charge in [0.05, 0.1) is 5.69 Å². The van der Waals surface area contributed by atoms with E-state index in [2.05, 4.69) is 27.8 Å². The molecule has 1 fully saturated rings. The van der Waals surface area contributed by atoms with Gasteiger partial charge < -0.3 is 10.2 Å². The number of anilines is 2. The van der Waals surface area contributed by atoms with E-state index in [4.69, 9.17) is 28.4 Å². The van der Waals surface area contributed by atoms with Crippen LogP contribution in [0.1, 0.15) is 24.0 Å². The summed E-state index contributed by atoms with van der Waals surface area (Å²) in [6.45, 7) is 3.37. The van der Waals surface area contributed by atoms with E-state index in [9.17, 15) is 4.79 Å². The number of nitrogens with one attached hydrogen (secondary N) is 2. The molecule has 0 saturated carbocycles. The minimum Gasteiger partial charge on any atom is -0.372 e. The normalized spacial score (nSPS) is 21.2. The van der Waals surface area contributed by atoms with E-state index in [1.165, 1.54) is 5.56 Å². The van der Waals surface area contributed by atoms with Crippen LogP contribution in [0, 0.1) is 0 Å². The highest BCUT2D eigenvalue weighted by Crippen LogP contribution is 2.48. The molecule has 1 unspecified atom stereocenters. The molecule has 0 aromatic heterocycles. The number of carbonyl (C=O) groups excluding carboxylic acids is 1. The van der Waals surface area contributed by atoms with Gasteiger partial charge in [-0.1, -0.05) is 47.5 Å². The van der Waals surface area contributed by atoms with Crippen molar-refractivity contribution in [1.29, 1.82) is 0 Å². The summed E-state index contributed by atoms with van der Waals surface area (Å²) in [6, 6.07) is 13.5. The Bertz CT molecular complexity index is 1200. The Morgan fingerprint density at radius 2 is 2.06 bits per heavy atom. The number of hydrogen-bond acceptors (Lipinski definition) is 5. The Balaban J connectivity index is 1.29. The molecule has 0 bridgehead atoms. The highest BCUT2D eigenvalue weighted by molar-refractivity contribution is 6.30. The van der Waals surface area contributed by atoms with Crippen molar-refractivity contribution in [3.05, 3.63) is 88.6 Å². The summed E-state index contributed by atoms with van der Waals surface area (Å²) in [4.78, 5) is 17.8. The second-order valence-corrected chi connectivity index (χ2v) is 10.2. The molecule has 35 heavy (non-hydrogen) atoms. The Morgan fingerprint density at radius 3 is 2.83 bits per heavy atom. The number of rotatable bonds is 5. The lowest BCUT2D eigenvalue weighted by atomic mass is 9.74. The van der Waals surface area contributed by atoms with Gasteiger partial charge in [-0.3, -0.25) is 20.4 Å². The Hall–Kier alpha value is -2.77. The van der Waals surface area contributed by atoms with Crippen molar-refractivity contribution in [2.45, 2.75) is 23.8 Å². The van der Waals surface area contributed by atoms with E-state index < -0.39 is 0 Å². The molecule has 1 spiro atoms. The maximum absolute atomic E-state index is 13.5. The molecule has 1 saturated heterocycles. The Labute approximate surface area is 215 Å². The molecule has 0 radical (unpaired) electrons. The molecule has 8 heteroatoms. The first-order chi connectivity index (χ1) is 17.0. The van der Waals surface area contributed by atoms with Gasteiger partial charge in [-0.15, -0.1) is 0 Å². The number of carbonyl (C=O) groups is 1. The zero-order chi connectivity index (χ0) is 24.4.